The topological polar surface area (TPSA) is 171 Å². The first-order valence-electron chi connectivity index (χ1n) is 7.59. The fourth-order valence-corrected chi connectivity index (χ4v) is 1.97. The molecule has 5 N–H and O–H groups in total. The summed E-state index contributed by atoms with van der Waals surface area (Å²) in [5, 5.41) is 21.8. The largest absolute Gasteiger partial charge is 0.502 e. The van der Waals surface area contributed by atoms with Gasteiger partial charge in [-0.3, -0.25) is 14.6 Å². The molecule has 1 heterocycles. The normalized spacial score (nSPS) is 11.8. The Balaban J connectivity index is 2.04. The van der Waals surface area contributed by atoms with Crippen molar-refractivity contribution in [3.8, 4) is 17.2 Å². The van der Waals surface area contributed by atoms with E-state index in [4.69, 9.17) is 9.47 Å². The number of ether oxygens (including phenoxy) is 2. The summed E-state index contributed by atoms with van der Waals surface area (Å²) in [6, 6.07) is 2.13. The Labute approximate surface area is 152 Å². The number of rotatable bonds is 7. The van der Waals surface area contributed by atoms with Crippen molar-refractivity contribution in [1.82, 2.24) is 20.6 Å². The number of hydrazone groups is 1. The van der Waals surface area contributed by atoms with Crippen molar-refractivity contribution < 1.29 is 19.4 Å². The quantitative estimate of drug-likeness (QED) is 0.306. The van der Waals surface area contributed by atoms with Crippen molar-refractivity contribution in [3.63, 3.8) is 0 Å². The molecule has 1 aromatic carbocycles. The Kier molecular flexibility index (Phi) is 6.14. The van der Waals surface area contributed by atoms with Crippen molar-refractivity contribution >= 4 is 17.9 Å². The van der Waals surface area contributed by atoms with Gasteiger partial charge >= 0.3 is 5.69 Å². The molecule has 0 aliphatic heterocycles. The Morgan fingerprint density at radius 1 is 1.30 bits per heavy atom. The monoisotopic (exact) mass is 378 g/mol. The zero-order chi connectivity index (χ0) is 20.0. The molecular formula is C15H18N6O6. The molecule has 12 nitrogen and oxygen atoms in total. The van der Waals surface area contributed by atoms with Crippen LogP contribution in [0.1, 0.15) is 12.5 Å². The van der Waals surface area contributed by atoms with Crippen molar-refractivity contribution in [2.45, 2.75) is 13.0 Å². The second-order valence-electron chi connectivity index (χ2n) is 5.23. The van der Waals surface area contributed by atoms with Gasteiger partial charge < -0.3 is 19.9 Å². The van der Waals surface area contributed by atoms with Crippen LogP contribution in [0.4, 0.5) is 5.82 Å². The molecule has 144 valence electrons. The van der Waals surface area contributed by atoms with Crippen LogP contribution in [0, 0.1) is 0 Å². The van der Waals surface area contributed by atoms with Crippen LogP contribution >= 0.6 is 0 Å². The van der Waals surface area contributed by atoms with E-state index in [1.807, 2.05) is 10.1 Å². The van der Waals surface area contributed by atoms with Crippen molar-refractivity contribution in [2.24, 2.45) is 5.10 Å². The van der Waals surface area contributed by atoms with Crippen molar-refractivity contribution in [2.75, 3.05) is 19.5 Å². The van der Waals surface area contributed by atoms with Crippen molar-refractivity contribution in [1.29, 1.82) is 0 Å². The highest BCUT2D eigenvalue weighted by Gasteiger charge is 2.15. The summed E-state index contributed by atoms with van der Waals surface area (Å²) in [6.07, 6.45) is 1.32. The molecule has 0 spiro atoms. The Hall–Kier alpha value is -3.83. The van der Waals surface area contributed by atoms with Gasteiger partial charge in [-0.2, -0.15) is 5.10 Å². The van der Waals surface area contributed by atoms with E-state index >= 15 is 0 Å². The van der Waals surface area contributed by atoms with Gasteiger partial charge in [0.2, 0.25) is 11.6 Å². The molecule has 0 radical (unpaired) electrons. The fraction of sp³-hybridized carbons (Fsp3) is 0.267. The summed E-state index contributed by atoms with van der Waals surface area (Å²) in [5.41, 5.74) is 1.27. The van der Waals surface area contributed by atoms with Gasteiger partial charge in [0.15, 0.2) is 11.5 Å². The van der Waals surface area contributed by atoms with E-state index in [1.165, 1.54) is 39.5 Å². The molecule has 0 aliphatic carbocycles. The number of benzene rings is 1. The molecule has 2 aromatic rings. The molecule has 1 aromatic heterocycles. The summed E-state index contributed by atoms with van der Waals surface area (Å²) in [4.78, 5) is 36.5. The van der Waals surface area contributed by atoms with Crippen LogP contribution in [0.15, 0.2) is 26.8 Å². The SMILES string of the molecule is COc1cc(/C=N/NC(=O)C(C)Nc2n[nH]c(=O)[nH]c2=O)cc(OC)c1O. The average Bonchev–Trinajstić information content (AvgIpc) is 2.64. The van der Waals surface area contributed by atoms with Crippen molar-refractivity contribution in [3.05, 3.63) is 38.5 Å². The molecule has 1 atom stereocenters. The third-order valence-electron chi connectivity index (χ3n) is 3.35. The number of nitrogens with one attached hydrogen (secondary N) is 4. The second-order valence-corrected chi connectivity index (χ2v) is 5.23. The summed E-state index contributed by atoms with van der Waals surface area (Å²) in [5.74, 6) is -0.565. The number of aromatic amines is 2. The van der Waals surface area contributed by atoms with Gasteiger partial charge in [0.1, 0.15) is 6.04 Å². The van der Waals surface area contributed by atoms with Crippen LogP contribution in [-0.4, -0.2) is 52.7 Å². The predicted octanol–water partition coefficient (Wildman–Crippen LogP) is -0.868. The number of hydrogen-bond donors (Lipinski definition) is 5. The highest BCUT2D eigenvalue weighted by Crippen LogP contribution is 2.36. The van der Waals surface area contributed by atoms with E-state index in [-0.39, 0.29) is 23.1 Å². The van der Waals surface area contributed by atoms with Gasteiger partial charge in [0.05, 0.1) is 20.4 Å². The van der Waals surface area contributed by atoms with Gasteiger partial charge in [0.25, 0.3) is 11.5 Å². The number of carbonyl (C=O) groups is 1. The second kappa shape index (κ2) is 8.51. The Morgan fingerprint density at radius 3 is 2.48 bits per heavy atom. The molecule has 0 saturated heterocycles. The summed E-state index contributed by atoms with van der Waals surface area (Å²) < 4.78 is 10.1. The Morgan fingerprint density at radius 2 is 1.93 bits per heavy atom. The zero-order valence-corrected chi connectivity index (χ0v) is 14.7. The van der Waals surface area contributed by atoms with Gasteiger partial charge in [-0.05, 0) is 19.1 Å². The third kappa shape index (κ3) is 4.84. The van der Waals surface area contributed by atoms with E-state index in [0.717, 1.165) is 0 Å². The number of nitrogens with zero attached hydrogens (tertiary/aromatic N) is 2. The highest BCUT2D eigenvalue weighted by atomic mass is 16.5. The standard InChI is InChI=1S/C15H18N6O6/c1-7(17-12-14(24)18-15(25)21-19-12)13(23)20-16-6-8-4-9(26-2)11(22)10(5-8)27-3/h4-7,22H,1-3H3,(H,17,19)(H,20,23)(H2,18,21,24,25)/b16-6+. The lowest BCUT2D eigenvalue weighted by Gasteiger charge is -2.11. The zero-order valence-electron chi connectivity index (χ0n) is 14.7. The molecule has 12 heteroatoms. The van der Waals surface area contributed by atoms with E-state index < -0.39 is 23.2 Å². The van der Waals surface area contributed by atoms with Gasteiger partial charge in [-0.1, -0.05) is 0 Å². The summed E-state index contributed by atoms with van der Waals surface area (Å²) in [6.45, 7) is 1.48. The van der Waals surface area contributed by atoms with E-state index in [2.05, 4.69) is 20.9 Å². The van der Waals surface area contributed by atoms with E-state index in [0.29, 0.717) is 5.56 Å². The molecule has 0 aliphatic rings. The number of H-pyrrole nitrogens is 2. The molecule has 0 fully saturated rings. The number of hydrogen-bond acceptors (Lipinski definition) is 9. The minimum absolute atomic E-state index is 0.155. The van der Waals surface area contributed by atoms with Crippen LogP contribution in [0.5, 0.6) is 17.2 Å². The van der Waals surface area contributed by atoms with Gasteiger partial charge in [0, 0.05) is 5.56 Å². The number of phenolic OH excluding ortho intramolecular Hbond substituents is 1. The van der Waals surface area contributed by atoms with Crippen LogP contribution in [0.25, 0.3) is 0 Å². The third-order valence-corrected chi connectivity index (χ3v) is 3.35. The number of methoxy groups -OCH3 is 2. The first-order chi connectivity index (χ1) is 12.8. The minimum atomic E-state index is -0.870. The Bertz CT molecular complexity index is 941. The lowest BCUT2D eigenvalue weighted by Crippen LogP contribution is -2.38. The summed E-state index contributed by atoms with van der Waals surface area (Å²) in [7, 11) is 2.77. The van der Waals surface area contributed by atoms with Gasteiger partial charge in [-0.15, -0.1) is 5.10 Å². The molecule has 1 unspecified atom stereocenters. The summed E-state index contributed by atoms with van der Waals surface area (Å²) >= 11 is 0. The molecule has 27 heavy (non-hydrogen) atoms. The first kappa shape index (κ1) is 19.5. The van der Waals surface area contributed by atoms with E-state index in [1.54, 1.807) is 0 Å². The lowest BCUT2D eigenvalue weighted by atomic mass is 10.2. The lowest BCUT2D eigenvalue weighted by molar-refractivity contribution is -0.121. The van der Waals surface area contributed by atoms with E-state index in [9.17, 15) is 19.5 Å². The number of carbonyl (C=O) groups excluding carboxylic acids is 1. The van der Waals surface area contributed by atoms with Crippen LogP contribution in [-0.2, 0) is 4.79 Å². The molecular weight excluding hydrogens is 360 g/mol. The predicted molar refractivity (Wildman–Crippen MR) is 95.5 cm³/mol. The maximum atomic E-state index is 12.0. The van der Waals surface area contributed by atoms with Crippen LogP contribution in [0.3, 0.4) is 0 Å². The number of phenols is 1. The molecule has 0 bridgehead atoms. The molecule has 2 rings (SSSR count). The average molecular weight is 378 g/mol. The number of anilines is 1. The minimum Gasteiger partial charge on any atom is -0.502 e. The highest BCUT2D eigenvalue weighted by molar-refractivity contribution is 5.87. The molecule has 1 amide bonds. The fourth-order valence-electron chi connectivity index (χ4n) is 1.97. The number of aromatic hydroxyl groups is 1. The maximum absolute atomic E-state index is 12.0. The first-order valence-corrected chi connectivity index (χ1v) is 7.59. The molecule has 0 saturated carbocycles. The smallest absolute Gasteiger partial charge is 0.342 e. The van der Waals surface area contributed by atoms with Crippen LogP contribution in [0.2, 0.25) is 0 Å². The number of aromatic nitrogens is 3. The number of amides is 1. The maximum Gasteiger partial charge on any atom is 0.342 e. The van der Waals surface area contributed by atoms with Gasteiger partial charge in [-0.25, -0.2) is 15.3 Å². The van der Waals surface area contributed by atoms with Crippen LogP contribution < -0.4 is 31.5 Å².